The molecule has 1 saturated heterocycles. The highest BCUT2D eigenvalue weighted by molar-refractivity contribution is 7.99. The molecule has 3 rings (SSSR count). The second-order valence-corrected chi connectivity index (χ2v) is 6.58. The van der Waals surface area contributed by atoms with Crippen LogP contribution in [0, 0.1) is 0 Å². The van der Waals surface area contributed by atoms with Crippen LogP contribution in [-0.2, 0) is 11.0 Å². The van der Waals surface area contributed by atoms with E-state index in [4.69, 9.17) is 0 Å². The lowest BCUT2D eigenvalue weighted by molar-refractivity contribution is -0.138. The van der Waals surface area contributed by atoms with Crippen LogP contribution in [0.15, 0.2) is 41.8 Å². The molecule has 138 valence electrons. The molecule has 0 saturated carbocycles. The van der Waals surface area contributed by atoms with Crippen LogP contribution in [0.25, 0.3) is 0 Å². The van der Waals surface area contributed by atoms with Crippen LogP contribution >= 0.6 is 11.8 Å². The van der Waals surface area contributed by atoms with Crippen molar-refractivity contribution < 1.29 is 18.0 Å². The highest BCUT2D eigenvalue weighted by Crippen LogP contribution is 2.29. The Labute approximate surface area is 152 Å². The van der Waals surface area contributed by atoms with Crippen LogP contribution in [-0.4, -0.2) is 57.7 Å². The third-order valence-electron chi connectivity index (χ3n) is 3.87. The van der Waals surface area contributed by atoms with E-state index in [9.17, 15) is 18.0 Å². The van der Waals surface area contributed by atoms with Gasteiger partial charge in [-0.25, -0.2) is 15.0 Å². The summed E-state index contributed by atoms with van der Waals surface area (Å²) in [6.07, 6.45) is -0.277. The fourth-order valence-corrected chi connectivity index (χ4v) is 3.22. The van der Waals surface area contributed by atoms with E-state index in [2.05, 4.69) is 15.0 Å². The molecule has 1 fully saturated rings. The summed E-state index contributed by atoms with van der Waals surface area (Å²) in [4.78, 5) is 28.2. The van der Waals surface area contributed by atoms with E-state index in [-0.39, 0.29) is 11.7 Å². The monoisotopic (exact) mass is 383 g/mol. The average Bonchev–Trinajstić information content (AvgIpc) is 2.66. The van der Waals surface area contributed by atoms with Gasteiger partial charge < -0.3 is 9.80 Å². The van der Waals surface area contributed by atoms with Crippen molar-refractivity contribution in [1.29, 1.82) is 0 Å². The molecule has 0 N–H and O–H groups in total. The minimum Gasteiger partial charge on any atom is -0.338 e. The van der Waals surface area contributed by atoms with Gasteiger partial charge in [-0.3, -0.25) is 4.79 Å². The Kier molecular flexibility index (Phi) is 5.60. The minimum atomic E-state index is -4.41. The van der Waals surface area contributed by atoms with E-state index in [1.54, 1.807) is 23.4 Å². The molecule has 0 radical (unpaired) electrons. The molecule has 1 amide bonds. The Morgan fingerprint density at radius 1 is 1.08 bits per heavy atom. The molecule has 1 aliphatic heterocycles. The minimum absolute atomic E-state index is 0.0645. The highest BCUT2D eigenvalue weighted by atomic mass is 32.2. The number of hydrogen-bond donors (Lipinski definition) is 0. The van der Waals surface area contributed by atoms with Crippen molar-refractivity contribution in [2.24, 2.45) is 0 Å². The second kappa shape index (κ2) is 7.90. The van der Waals surface area contributed by atoms with E-state index in [0.29, 0.717) is 37.2 Å². The van der Waals surface area contributed by atoms with Gasteiger partial charge in [0.1, 0.15) is 0 Å². The van der Waals surface area contributed by atoms with Crippen LogP contribution in [0.4, 0.5) is 19.1 Å². The van der Waals surface area contributed by atoms with Crippen LogP contribution in [0.3, 0.4) is 0 Å². The molecule has 1 aliphatic rings. The summed E-state index contributed by atoms with van der Waals surface area (Å²) in [6.45, 7) is 2.38. The number of hydrogen-bond acceptors (Lipinski definition) is 6. The quantitative estimate of drug-likeness (QED) is 0.756. The smallest absolute Gasteiger partial charge is 0.338 e. The van der Waals surface area contributed by atoms with Gasteiger partial charge in [0.25, 0.3) is 0 Å². The first kappa shape index (κ1) is 18.4. The highest BCUT2D eigenvalue weighted by Gasteiger charge is 2.30. The molecule has 2 aromatic rings. The van der Waals surface area contributed by atoms with Gasteiger partial charge in [0.2, 0.25) is 11.9 Å². The number of rotatable bonds is 4. The topological polar surface area (TPSA) is 62.2 Å². The molecule has 0 unspecified atom stereocenters. The standard InChI is InChI=1S/C16H16F3N5OS/c17-16(18,19)12-2-3-13(22-10-12)26-11-14(25)23-6-8-24(9-7-23)15-20-4-1-5-21-15/h1-5,10H,6-9,11H2. The number of pyridine rings is 1. The number of carbonyl (C=O) groups excluding carboxylic acids is 1. The SMILES string of the molecule is O=C(CSc1ccc(C(F)(F)F)cn1)N1CCN(c2ncccn2)CC1. The van der Waals surface area contributed by atoms with Crippen molar-refractivity contribution in [2.45, 2.75) is 11.2 Å². The summed E-state index contributed by atoms with van der Waals surface area (Å²) < 4.78 is 37.5. The number of carbonyl (C=O) groups is 1. The van der Waals surface area contributed by atoms with Gasteiger partial charge in [-0.05, 0) is 18.2 Å². The fraction of sp³-hybridized carbons (Fsp3) is 0.375. The molecule has 0 atom stereocenters. The first-order valence-corrected chi connectivity index (χ1v) is 8.88. The van der Waals surface area contributed by atoms with E-state index < -0.39 is 11.7 Å². The summed E-state index contributed by atoms with van der Waals surface area (Å²) in [7, 11) is 0. The fourth-order valence-electron chi connectivity index (χ4n) is 2.47. The molecule has 10 heteroatoms. The molecule has 0 aliphatic carbocycles. The van der Waals surface area contributed by atoms with Crippen molar-refractivity contribution in [1.82, 2.24) is 19.9 Å². The zero-order chi connectivity index (χ0) is 18.6. The number of amides is 1. The van der Waals surface area contributed by atoms with Gasteiger partial charge in [-0.1, -0.05) is 11.8 Å². The Morgan fingerprint density at radius 3 is 2.35 bits per heavy atom. The van der Waals surface area contributed by atoms with Crippen LogP contribution in [0.2, 0.25) is 0 Å². The van der Waals surface area contributed by atoms with E-state index in [0.717, 1.165) is 24.0 Å². The van der Waals surface area contributed by atoms with Crippen molar-refractivity contribution in [3.8, 4) is 0 Å². The van der Waals surface area contributed by atoms with Crippen LogP contribution in [0.5, 0.6) is 0 Å². The maximum Gasteiger partial charge on any atom is 0.417 e. The number of aromatic nitrogens is 3. The summed E-state index contributed by atoms with van der Waals surface area (Å²) >= 11 is 1.13. The number of nitrogens with zero attached hydrogens (tertiary/aromatic N) is 5. The average molecular weight is 383 g/mol. The maximum absolute atomic E-state index is 12.5. The van der Waals surface area contributed by atoms with Gasteiger partial charge in [0, 0.05) is 44.8 Å². The van der Waals surface area contributed by atoms with Gasteiger partial charge >= 0.3 is 6.18 Å². The number of thioether (sulfide) groups is 1. The van der Waals surface area contributed by atoms with Crippen LogP contribution in [0.1, 0.15) is 5.56 Å². The van der Waals surface area contributed by atoms with Gasteiger partial charge in [0.15, 0.2) is 0 Å². The lowest BCUT2D eigenvalue weighted by Gasteiger charge is -2.34. The molecular weight excluding hydrogens is 367 g/mol. The van der Waals surface area contributed by atoms with Crippen molar-refractivity contribution in [3.05, 3.63) is 42.4 Å². The van der Waals surface area contributed by atoms with Gasteiger partial charge in [-0.2, -0.15) is 13.2 Å². The van der Waals surface area contributed by atoms with E-state index in [1.807, 2.05) is 4.90 Å². The Balaban J connectivity index is 1.47. The molecule has 2 aromatic heterocycles. The molecule has 0 spiro atoms. The molecule has 26 heavy (non-hydrogen) atoms. The Hall–Kier alpha value is -2.36. The zero-order valence-corrected chi connectivity index (χ0v) is 14.5. The molecule has 0 bridgehead atoms. The maximum atomic E-state index is 12.5. The molecule has 6 nitrogen and oxygen atoms in total. The summed E-state index contributed by atoms with van der Waals surface area (Å²) in [5, 5.41) is 0.391. The van der Waals surface area contributed by atoms with E-state index in [1.165, 1.54) is 6.07 Å². The van der Waals surface area contributed by atoms with Crippen LogP contribution < -0.4 is 4.90 Å². The first-order valence-electron chi connectivity index (χ1n) is 7.89. The lowest BCUT2D eigenvalue weighted by Crippen LogP contribution is -2.49. The summed E-state index contributed by atoms with van der Waals surface area (Å²) in [5.74, 6) is 0.716. The van der Waals surface area contributed by atoms with Crippen molar-refractivity contribution in [3.63, 3.8) is 0 Å². The number of anilines is 1. The zero-order valence-electron chi connectivity index (χ0n) is 13.7. The molecular formula is C16H16F3N5OS. The Bertz CT molecular complexity index is 734. The van der Waals surface area contributed by atoms with Gasteiger partial charge in [-0.15, -0.1) is 0 Å². The summed E-state index contributed by atoms with van der Waals surface area (Å²) in [6, 6.07) is 4.00. The normalized spacial score (nSPS) is 15.2. The number of halogens is 3. The predicted molar refractivity (Wildman–Crippen MR) is 90.8 cm³/mol. The molecule has 3 heterocycles. The number of piperazine rings is 1. The first-order chi connectivity index (χ1) is 12.4. The predicted octanol–water partition coefficient (Wildman–Crippen LogP) is 2.33. The summed E-state index contributed by atoms with van der Waals surface area (Å²) in [5.41, 5.74) is -0.799. The van der Waals surface area contributed by atoms with Gasteiger partial charge in [0.05, 0.1) is 16.3 Å². The molecule has 0 aromatic carbocycles. The third kappa shape index (κ3) is 4.63. The van der Waals surface area contributed by atoms with Crippen molar-refractivity contribution >= 4 is 23.6 Å². The third-order valence-corrected chi connectivity index (χ3v) is 4.80. The van der Waals surface area contributed by atoms with E-state index >= 15 is 0 Å². The Morgan fingerprint density at radius 2 is 1.77 bits per heavy atom. The van der Waals surface area contributed by atoms with Crippen molar-refractivity contribution in [2.75, 3.05) is 36.8 Å². The largest absolute Gasteiger partial charge is 0.417 e. The second-order valence-electron chi connectivity index (χ2n) is 5.59. The number of alkyl halides is 3. The lowest BCUT2D eigenvalue weighted by atomic mass is 10.3.